The van der Waals surface area contributed by atoms with E-state index in [2.05, 4.69) is 16.8 Å². The molecule has 0 aromatic carbocycles. The van der Waals surface area contributed by atoms with Gasteiger partial charge in [-0.05, 0) is 30.9 Å². The molecule has 2 aromatic rings. The number of furan rings is 1. The molecule has 0 amide bonds. The molecule has 1 aliphatic rings. The lowest BCUT2D eigenvalue weighted by molar-refractivity contribution is 0.328. The summed E-state index contributed by atoms with van der Waals surface area (Å²) in [5.74, 6) is 1.47. The summed E-state index contributed by atoms with van der Waals surface area (Å²) in [5, 5.41) is 5.83. The van der Waals surface area contributed by atoms with Gasteiger partial charge in [-0.25, -0.2) is 18.5 Å². The number of anilines is 1. The van der Waals surface area contributed by atoms with Crippen LogP contribution in [0.4, 0.5) is 5.13 Å². The molecule has 2 N–H and O–H groups in total. The van der Waals surface area contributed by atoms with E-state index in [0.717, 1.165) is 36.5 Å². The van der Waals surface area contributed by atoms with Crippen molar-refractivity contribution < 1.29 is 12.8 Å². The third-order valence-electron chi connectivity index (χ3n) is 3.73. The lowest BCUT2D eigenvalue weighted by Crippen LogP contribution is -2.36. The monoisotopic (exact) mass is 327 g/mol. The lowest BCUT2D eigenvalue weighted by Gasteiger charge is -2.37. The van der Waals surface area contributed by atoms with Crippen LogP contribution in [0, 0.1) is 5.92 Å². The zero-order chi connectivity index (χ0) is 15.0. The molecule has 3 heterocycles. The van der Waals surface area contributed by atoms with E-state index in [1.807, 2.05) is 12.1 Å². The molecule has 1 saturated heterocycles. The highest BCUT2D eigenvalue weighted by atomic mass is 32.2. The minimum absolute atomic E-state index is 0.0863. The molecule has 2 aromatic heterocycles. The third-order valence-corrected chi connectivity index (χ3v) is 6.18. The number of rotatable bonds is 3. The number of nitrogens with zero attached hydrogens (tertiary/aromatic N) is 2. The van der Waals surface area contributed by atoms with Crippen LogP contribution in [0.3, 0.4) is 0 Å². The molecule has 3 rings (SSSR count). The van der Waals surface area contributed by atoms with Crippen molar-refractivity contribution in [3.63, 3.8) is 0 Å². The van der Waals surface area contributed by atoms with Crippen LogP contribution in [0.15, 0.2) is 33.2 Å². The van der Waals surface area contributed by atoms with Crippen molar-refractivity contribution in [2.45, 2.75) is 30.0 Å². The minimum Gasteiger partial charge on any atom is -0.467 e. The zero-order valence-corrected chi connectivity index (χ0v) is 13.2. The predicted octanol–water partition coefficient (Wildman–Crippen LogP) is 2.36. The Kier molecular flexibility index (Phi) is 3.76. The Bertz CT molecular complexity index is 709. The molecule has 1 aliphatic heterocycles. The van der Waals surface area contributed by atoms with Crippen molar-refractivity contribution in [2.75, 3.05) is 11.4 Å². The maximum atomic E-state index is 11.4. The normalized spacial score (nSPS) is 23.4. The van der Waals surface area contributed by atoms with Crippen molar-refractivity contribution >= 4 is 26.5 Å². The summed E-state index contributed by atoms with van der Waals surface area (Å²) >= 11 is 1.11. The van der Waals surface area contributed by atoms with Crippen LogP contribution in [0.25, 0.3) is 0 Å². The van der Waals surface area contributed by atoms with Crippen molar-refractivity contribution in [3.8, 4) is 0 Å². The molecule has 0 aliphatic carbocycles. The summed E-state index contributed by atoms with van der Waals surface area (Å²) in [6, 6.07) is 3.90. The lowest BCUT2D eigenvalue weighted by atomic mass is 9.91. The predicted molar refractivity (Wildman–Crippen MR) is 80.7 cm³/mol. The number of piperidine rings is 1. The van der Waals surface area contributed by atoms with Crippen molar-refractivity contribution in [1.29, 1.82) is 0 Å². The molecule has 0 bridgehead atoms. The number of aromatic nitrogens is 1. The maximum Gasteiger partial charge on any atom is 0.249 e. The fourth-order valence-electron chi connectivity index (χ4n) is 2.64. The topological polar surface area (TPSA) is 89.4 Å². The van der Waals surface area contributed by atoms with Gasteiger partial charge in [-0.2, -0.15) is 0 Å². The molecule has 0 radical (unpaired) electrons. The number of nitrogens with two attached hydrogens (primary N) is 1. The molecule has 8 heteroatoms. The van der Waals surface area contributed by atoms with E-state index in [1.54, 1.807) is 6.26 Å². The summed E-state index contributed by atoms with van der Waals surface area (Å²) in [6.07, 6.45) is 4.98. The molecule has 0 spiro atoms. The second-order valence-corrected chi connectivity index (χ2v) is 8.16. The first-order valence-electron chi connectivity index (χ1n) is 6.74. The highest BCUT2D eigenvalue weighted by Gasteiger charge is 2.31. The van der Waals surface area contributed by atoms with E-state index in [0.29, 0.717) is 11.0 Å². The molecule has 21 heavy (non-hydrogen) atoms. The van der Waals surface area contributed by atoms with E-state index in [4.69, 9.17) is 9.56 Å². The third kappa shape index (κ3) is 2.97. The van der Waals surface area contributed by atoms with Gasteiger partial charge in [-0.1, -0.05) is 18.3 Å². The summed E-state index contributed by atoms with van der Waals surface area (Å²) in [4.78, 5) is 6.34. The first kappa shape index (κ1) is 14.6. The summed E-state index contributed by atoms with van der Waals surface area (Å²) < 4.78 is 28.4. The van der Waals surface area contributed by atoms with Crippen LogP contribution in [-0.2, 0) is 10.0 Å². The molecule has 2 atom stereocenters. The highest BCUT2D eigenvalue weighted by Crippen LogP contribution is 2.39. The van der Waals surface area contributed by atoms with Crippen LogP contribution in [0.5, 0.6) is 0 Å². The van der Waals surface area contributed by atoms with Crippen LogP contribution in [-0.4, -0.2) is 19.9 Å². The van der Waals surface area contributed by atoms with Gasteiger partial charge in [0.25, 0.3) is 0 Å². The smallest absolute Gasteiger partial charge is 0.249 e. The average molecular weight is 327 g/mol. The second kappa shape index (κ2) is 5.43. The van der Waals surface area contributed by atoms with E-state index >= 15 is 0 Å². The molecular weight excluding hydrogens is 310 g/mol. The number of thiazole rings is 1. The molecule has 1 fully saturated rings. The highest BCUT2D eigenvalue weighted by molar-refractivity contribution is 7.91. The Hall–Kier alpha value is -1.38. The van der Waals surface area contributed by atoms with E-state index in [-0.39, 0.29) is 10.3 Å². The average Bonchev–Trinajstić information content (AvgIpc) is 3.09. The van der Waals surface area contributed by atoms with Crippen LogP contribution < -0.4 is 10.0 Å². The van der Waals surface area contributed by atoms with Gasteiger partial charge in [0.15, 0.2) is 9.34 Å². The maximum absolute atomic E-state index is 11.4. The van der Waals surface area contributed by atoms with Gasteiger partial charge in [0.1, 0.15) is 5.76 Å². The zero-order valence-electron chi connectivity index (χ0n) is 11.6. The van der Waals surface area contributed by atoms with Crippen molar-refractivity contribution in [1.82, 2.24) is 4.98 Å². The first-order chi connectivity index (χ1) is 9.95. The number of sulfonamides is 1. The second-order valence-electron chi connectivity index (χ2n) is 5.36. The number of primary sulfonamides is 1. The number of hydrogen-bond donors (Lipinski definition) is 1. The molecule has 6 nitrogen and oxygen atoms in total. The Morgan fingerprint density at radius 1 is 1.52 bits per heavy atom. The van der Waals surface area contributed by atoms with Crippen molar-refractivity contribution in [2.24, 2.45) is 11.1 Å². The Morgan fingerprint density at radius 3 is 2.95 bits per heavy atom. The standard InChI is InChI=1S/C13H17N3O3S2/c1-9-4-5-16(10(7-9)11-3-2-6-19-11)13-15-8-12(20-13)21(14,17)18/h2-3,6,8-10H,4-5,7H2,1H3,(H2,14,17,18). The molecular formula is C13H17N3O3S2. The Labute approximate surface area is 127 Å². The van der Waals surface area contributed by atoms with E-state index < -0.39 is 10.0 Å². The van der Waals surface area contributed by atoms with Gasteiger partial charge >= 0.3 is 0 Å². The first-order valence-corrected chi connectivity index (χ1v) is 9.10. The fraction of sp³-hybridized carbons (Fsp3) is 0.462. The number of hydrogen-bond acceptors (Lipinski definition) is 6. The van der Waals surface area contributed by atoms with E-state index in [1.165, 1.54) is 6.20 Å². The van der Waals surface area contributed by atoms with Gasteiger partial charge < -0.3 is 9.32 Å². The SMILES string of the molecule is CC1CCN(c2ncc(S(N)(=O)=O)s2)C(c2ccco2)C1. The molecule has 2 unspecified atom stereocenters. The van der Waals surface area contributed by atoms with Crippen LogP contribution in [0.1, 0.15) is 31.6 Å². The van der Waals surface area contributed by atoms with Gasteiger partial charge in [0, 0.05) is 6.54 Å². The Morgan fingerprint density at radius 2 is 2.33 bits per heavy atom. The Balaban J connectivity index is 1.93. The fourth-order valence-corrected chi connectivity index (χ4v) is 4.25. The van der Waals surface area contributed by atoms with Gasteiger partial charge in [0.2, 0.25) is 10.0 Å². The molecule has 0 saturated carbocycles. The van der Waals surface area contributed by atoms with Crippen LogP contribution >= 0.6 is 11.3 Å². The van der Waals surface area contributed by atoms with Gasteiger partial charge in [-0.15, -0.1) is 0 Å². The quantitative estimate of drug-likeness (QED) is 0.934. The summed E-state index contributed by atoms with van der Waals surface area (Å²) in [6.45, 7) is 3.04. The van der Waals surface area contributed by atoms with Gasteiger partial charge in [0.05, 0.1) is 18.5 Å². The van der Waals surface area contributed by atoms with E-state index in [9.17, 15) is 8.42 Å². The summed E-state index contributed by atoms with van der Waals surface area (Å²) in [7, 11) is -3.70. The van der Waals surface area contributed by atoms with Gasteiger partial charge in [-0.3, -0.25) is 0 Å². The van der Waals surface area contributed by atoms with Crippen molar-refractivity contribution in [3.05, 3.63) is 30.4 Å². The molecule has 114 valence electrons. The summed E-state index contributed by atoms with van der Waals surface area (Å²) in [5.41, 5.74) is 0. The van der Waals surface area contributed by atoms with Crippen LogP contribution in [0.2, 0.25) is 0 Å². The largest absolute Gasteiger partial charge is 0.467 e. The minimum atomic E-state index is -3.70.